The Morgan fingerprint density at radius 2 is 1.50 bits per heavy atom. The largest absolute Gasteiger partial charge is 0.489 e. The van der Waals surface area contributed by atoms with E-state index in [0.717, 1.165) is 9.87 Å². The monoisotopic (exact) mass is 424 g/mol. The molecule has 3 aromatic carbocycles. The molecule has 0 aliphatic rings. The van der Waals surface area contributed by atoms with E-state index < -0.39 is 15.9 Å². The second-order valence-corrected chi connectivity index (χ2v) is 8.53. The molecule has 0 aliphatic heterocycles. The Morgan fingerprint density at radius 3 is 2.10 bits per heavy atom. The van der Waals surface area contributed by atoms with Crippen molar-refractivity contribution in [3.05, 3.63) is 90.5 Å². The van der Waals surface area contributed by atoms with Gasteiger partial charge in [0, 0.05) is 12.2 Å². The lowest BCUT2D eigenvalue weighted by Crippen LogP contribution is -2.37. The molecule has 1 amide bonds. The molecule has 0 radical (unpaired) electrons. The highest BCUT2D eigenvalue weighted by molar-refractivity contribution is 7.89. The summed E-state index contributed by atoms with van der Waals surface area (Å²) < 4.78 is 32.3. The quantitative estimate of drug-likeness (QED) is 0.565. The third kappa shape index (κ3) is 5.68. The standard InChI is InChI=1S/C23H24N2O4S/c1-2-25(30(27,28)22-11-7-4-8-12-22)17-23(26)24-20-13-15-21(16-14-20)29-18-19-9-5-3-6-10-19/h3-16H,2,17-18H2,1H3,(H,24,26). The lowest BCUT2D eigenvalue weighted by molar-refractivity contribution is -0.116. The molecule has 0 aromatic heterocycles. The molecular weight excluding hydrogens is 400 g/mol. The minimum Gasteiger partial charge on any atom is -0.489 e. The van der Waals surface area contributed by atoms with Crippen LogP contribution < -0.4 is 10.1 Å². The smallest absolute Gasteiger partial charge is 0.243 e. The molecule has 30 heavy (non-hydrogen) atoms. The fraction of sp³-hybridized carbons (Fsp3) is 0.174. The molecule has 6 nitrogen and oxygen atoms in total. The summed E-state index contributed by atoms with van der Waals surface area (Å²) >= 11 is 0. The van der Waals surface area contributed by atoms with Crippen LogP contribution in [-0.4, -0.2) is 31.7 Å². The van der Waals surface area contributed by atoms with E-state index in [1.165, 1.54) is 12.1 Å². The zero-order chi connectivity index (χ0) is 21.4. The summed E-state index contributed by atoms with van der Waals surface area (Å²) in [5.41, 5.74) is 1.63. The molecule has 3 aromatic rings. The number of benzene rings is 3. The van der Waals surface area contributed by atoms with Crippen LogP contribution in [0.1, 0.15) is 12.5 Å². The van der Waals surface area contributed by atoms with Crippen molar-refractivity contribution in [2.24, 2.45) is 0 Å². The topological polar surface area (TPSA) is 75.7 Å². The van der Waals surface area contributed by atoms with Gasteiger partial charge in [-0.25, -0.2) is 8.42 Å². The lowest BCUT2D eigenvalue weighted by Gasteiger charge is -2.20. The van der Waals surface area contributed by atoms with E-state index >= 15 is 0 Å². The van der Waals surface area contributed by atoms with Crippen LogP contribution in [0.15, 0.2) is 89.8 Å². The number of rotatable bonds is 9. The Labute approximate surface area is 177 Å². The van der Waals surface area contributed by atoms with Crippen LogP contribution in [0.2, 0.25) is 0 Å². The fourth-order valence-electron chi connectivity index (χ4n) is 2.84. The number of anilines is 1. The molecule has 0 heterocycles. The van der Waals surface area contributed by atoms with Crippen molar-refractivity contribution in [3.8, 4) is 5.75 Å². The molecule has 0 unspecified atom stereocenters. The highest BCUT2D eigenvalue weighted by atomic mass is 32.2. The van der Waals surface area contributed by atoms with Gasteiger partial charge in [-0.1, -0.05) is 55.5 Å². The van der Waals surface area contributed by atoms with Crippen LogP contribution in [0, 0.1) is 0 Å². The Kier molecular flexibility index (Phi) is 7.21. The van der Waals surface area contributed by atoms with Gasteiger partial charge < -0.3 is 10.1 Å². The normalized spacial score (nSPS) is 11.3. The first-order valence-corrected chi connectivity index (χ1v) is 11.0. The van der Waals surface area contributed by atoms with E-state index in [2.05, 4.69) is 5.32 Å². The summed E-state index contributed by atoms with van der Waals surface area (Å²) in [6.45, 7) is 2.08. The zero-order valence-corrected chi connectivity index (χ0v) is 17.5. The van der Waals surface area contributed by atoms with Gasteiger partial charge in [0.25, 0.3) is 0 Å². The maximum atomic E-state index is 12.7. The van der Waals surface area contributed by atoms with Gasteiger partial charge in [-0.2, -0.15) is 4.31 Å². The molecular formula is C23H24N2O4S. The van der Waals surface area contributed by atoms with Crippen molar-refractivity contribution < 1.29 is 17.9 Å². The van der Waals surface area contributed by atoms with Gasteiger partial charge >= 0.3 is 0 Å². The number of nitrogens with one attached hydrogen (secondary N) is 1. The average molecular weight is 425 g/mol. The van der Waals surface area contributed by atoms with Gasteiger partial charge in [0.15, 0.2) is 0 Å². The summed E-state index contributed by atoms with van der Waals surface area (Å²) in [5, 5.41) is 2.73. The predicted molar refractivity (Wildman–Crippen MR) is 117 cm³/mol. The number of amides is 1. The molecule has 7 heteroatoms. The van der Waals surface area contributed by atoms with Crippen LogP contribution in [0.5, 0.6) is 5.75 Å². The highest BCUT2D eigenvalue weighted by Gasteiger charge is 2.24. The Hall–Kier alpha value is -3.16. The second kappa shape index (κ2) is 10.0. The lowest BCUT2D eigenvalue weighted by atomic mass is 10.2. The van der Waals surface area contributed by atoms with E-state index in [4.69, 9.17) is 4.74 Å². The molecule has 156 valence electrons. The number of hydrogen-bond donors (Lipinski definition) is 1. The molecule has 0 saturated carbocycles. The van der Waals surface area contributed by atoms with Gasteiger partial charge in [0.2, 0.25) is 15.9 Å². The van der Waals surface area contributed by atoms with E-state index in [0.29, 0.717) is 18.0 Å². The second-order valence-electron chi connectivity index (χ2n) is 6.59. The molecule has 1 N–H and O–H groups in total. The minimum absolute atomic E-state index is 0.166. The molecule has 0 aliphatic carbocycles. The number of carbonyl (C=O) groups is 1. The average Bonchev–Trinajstić information content (AvgIpc) is 2.78. The number of likely N-dealkylation sites (N-methyl/N-ethyl adjacent to an activating group) is 1. The first-order chi connectivity index (χ1) is 14.5. The van der Waals surface area contributed by atoms with Crippen molar-refractivity contribution in [2.75, 3.05) is 18.4 Å². The van der Waals surface area contributed by atoms with Crippen LogP contribution in [0.4, 0.5) is 5.69 Å². The SMILES string of the molecule is CCN(CC(=O)Nc1ccc(OCc2ccccc2)cc1)S(=O)(=O)c1ccccc1. The van der Waals surface area contributed by atoms with E-state index in [1.54, 1.807) is 49.4 Å². The van der Waals surface area contributed by atoms with Crippen molar-refractivity contribution in [2.45, 2.75) is 18.4 Å². The Morgan fingerprint density at radius 1 is 0.900 bits per heavy atom. The third-order valence-corrected chi connectivity index (χ3v) is 6.38. The number of ether oxygens (including phenoxy) is 1. The first-order valence-electron chi connectivity index (χ1n) is 9.61. The number of hydrogen-bond acceptors (Lipinski definition) is 4. The predicted octanol–water partition coefficient (Wildman–Crippen LogP) is 3.91. The third-order valence-electron chi connectivity index (χ3n) is 4.44. The van der Waals surface area contributed by atoms with Crippen LogP contribution in [0.25, 0.3) is 0 Å². The van der Waals surface area contributed by atoms with Gasteiger partial charge in [-0.3, -0.25) is 4.79 Å². The van der Waals surface area contributed by atoms with Gasteiger partial charge in [-0.15, -0.1) is 0 Å². The van der Waals surface area contributed by atoms with Crippen LogP contribution >= 0.6 is 0 Å². The summed E-state index contributed by atoms with van der Waals surface area (Å²) in [5.74, 6) is 0.271. The van der Waals surface area contributed by atoms with Crippen molar-refractivity contribution >= 4 is 21.6 Å². The molecule has 0 fully saturated rings. The molecule has 3 rings (SSSR count). The first kappa shape index (κ1) is 21.5. The van der Waals surface area contributed by atoms with E-state index in [1.807, 2.05) is 30.3 Å². The maximum absolute atomic E-state index is 12.7. The Balaban J connectivity index is 1.57. The molecule has 0 saturated heterocycles. The van der Waals surface area contributed by atoms with Crippen LogP contribution in [0.3, 0.4) is 0 Å². The zero-order valence-electron chi connectivity index (χ0n) is 16.7. The number of nitrogens with zero attached hydrogens (tertiary/aromatic N) is 1. The summed E-state index contributed by atoms with van der Waals surface area (Å²) in [7, 11) is -3.73. The van der Waals surface area contributed by atoms with Crippen molar-refractivity contribution in [1.29, 1.82) is 0 Å². The van der Waals surface area contributed by atoms with Crippen LogP contribution in [-0.2, 0) is 21.4 Å². The number of sulfonamides is 1. The fourth-order valence-corrected chi connectivity index (χ4v) is 4.27. The summed E-state index contributed by atoms with van der Waals surface area (Å²) in [4.78, 5) is 12.6. The van der Waals surface area contributed by atoms with Crippen molar-refractivity contribution in [1.82, 2.24) is 4.31 Å². The van der Waals surface area contributed by atoms with Crippen molar-refractivity contribution in [3.63, 3.8) is 0 Å². The minimum atomic E-state index is -3.73. The van der Waals surface area contributed by atoms with Gasteiger partial charge in [-0.05, 0) is 42.0 Å². The van der Waals surface area contributed by atoms with Gasteiger partial charge in [0.05, 0.1) is 11.4 Å². The molecule has 0 spiro atoms. The molecule has 0 bridgehead atoms. The molecule has 0 atom stereocenters. The Bertz CT molecular complexity index is 1050. The summed E-state index contributed by atoms with van der Waals surface area (Å²) in [6, 6.07) is 24.9. The van der Waals surface area contributed by atoms with E-state index in [-0.39, 0.29) is 18.0 Å². The number of carbonyl (C=O) groups excluding carboxylic acids is 1. The van der Waals surface area contributed by atoms with E-state index in [9.17, 15) is 13.2 Å². The highest BCUT2D eigenvalue weighted by Crippen LogP contribution is 2.18. The maximum Gasteiger partial charge on any atom is 0.243 e. The summed E-state index contributed by atoms with van der Waals surface area (Å²) in [6.07, 6.45) is 0. The van der Waals surface area contributed by atoms with Gasteiger partial charge in [0.1, 0.15) is 12.4 Å².